The van der Waals surface area contributed by atoms with E-state index in [2.05, 4.69) is 62.5 Å². The Morgan fingerprint density at radius 3 is 1.86 bits per heavy atom. The number of rotatable bonds is 21. The van der Waals surface area contributed by atoms with Crippen LogP contribution in [-0.2, 0) is 11.2 Å². The van der Waals surface area contributed by atoms with Crippen LogP contribution in [0.25, 0.3) is 10.8 Å². The molecule has 1 amide bonds. The number of amides is 1. The molecule has 1 N–H and O–H groups in total. The third-order valence-electron chi connectivity index (χ3n) is 7.61. The standard InChI is InChI=1S/C34H55NO2/c1-5-6-7-8-9-10-11-12-13-14-15-16-17-18-19-24-32(36)35-28-34(2,3)27-30-26-25-29-22-20-21-23-31(29)33(30)37-4/h20-23,25-26H,5-19,24,27-28H2,1-4H3,(H,35,36). The molecule has 0 atom stereocenters. The van der Waals surface area contributed by atoms with Crippen molar-refractivity contribution in [2.45, 2.75) is 130 Å². The number of benzene rings is 2. The summed E-state index contributed by atoms with van der Waals surface area (Å²) in [6.45, 7) is 7.40. The van der Waals surface area contributed by atoms with Crippen LogP contribution in [0.15, 0.2) is 36.4 Å². The highest BCUT2D eigenvalue weighted by Crippen LogP contribution is 2.34. The monoisotopic (exact) mass is 509 g/mol. The molecular weight excluding hydrogens is 454 g/mol. The second-order valence-electron chi connectivity index (χ2n) is 11.8. The third-order valence-corrected chi connectivity index (χ3v) is 7.61. The summed E-state index contributed by atoms with van der Waals surface area (Å²) in [6, 6.07) is 12.7. The molecule has 2 rings (SSSR count). The maximum absolute atomic E-state index is 12.4. The number of nitrogens with one attached hydrogen (secondary N) is 1. The number of hydrogen-bond acceptors (Lipinski definition) is 2. The van der Waals surface area contributed by atoms with Crippen molar-refractivity contribution in [3.63, 3.8) is 0 Å². The summed E-state index contributed by atoms with van der Waals surface area (Å²) in [7, 11) is 1.75. The van der Waals surface area contributed by atoms with Crippen LogP contribution >= 0.6 is 0 Å². The Balaban J connectivity index is 1.51. The van der Waals surface area contributed by atoms with Gasteiger partial charge in [0.05, 0.1) is 7.11 Å². The van der Waals surface area contributed by atoms with Gasteiger partial charge in [-0.1, -0.05) is 147 Å². The Bertz CT molecular complexity index is 889. The van der Waals surface area contributed by atoms with Gasteiger partial charge in [-0.25, -0.2) is 0 Å². The van der Waals surface area contributed by atoms with Gasteiger partial charge in [0, 0.05) is 18.4 Å². The first-order chi connectivity index (χ1) is 18.0. The topological polar surface area (TPSA) is 38.3 Å². The molecule has 0 aliphatic heterocycles. The number of ether oxygens (including phenoxy) is 1. The van der Waals surface area contributed by atoms with E-state index in [4.69, 9.17) is 4.74 Å². The van der Waals surface area contributed by atoms with Crippen LogP contribution in [0.4, 0.5) is 0 Å². The molecule has 0 aliphatic rings. The number of fused-ring (bicyclic) bond motifs is 1. The van der Waals surface area contributed by atoms with Gasteiger partial charge in [-0.15, -0.1) is 0 Å². The second kappa shape index (κ2) is 18.3. The van der Waals surface area contributed by atoms with Crippen molar-refractivity contribution in [2.75, 3.05) is 13.7 Å². The zero-order chi connectivity index (χ0) is 26.8. The van der Waals surface area contributed by atoms with Gasteiger partial charge in [0.2, 0.25) is 5.91 Å². The summed E-state index contributed by atoms with van der Waals surface area (Å²) in [5, 5.41) is 5.53. The van der Waals surface area contributed by atoms with E-state index in [0.717, 1.165) is 24.0 Å². The summed E-state index contributed by atoms with van der Waals surface area (Å²) in [5.41, 5.74) is 1.16. The molecule has 3 nitrogen and oxygen atoms in total. The minimum atomic E-state index is -0.0412. The van der Waals surface area contributed by atoms with Gasteiger partial charge in [0.1, 0.15) is 5.75 Å². The van der Waals surface area contributed by atoms with Crippen LogP contribution in [0.1, 0.15) is 129 Å². The first kappa shape index (κ1) is 31.2. The molecule has 2 aromatic rings. The van der Waals surface area contributed by atoms with Crippen molar-refractivity contribution in [3.05, 3.63) is 42.0 Å². The molecule has 0 radical (unpaired) electrons. The maximum atomic E-state index is 12.4. The first-order valence-electron chi connectivity index (χ1n) is 15.3. The van der Waals surface area contributed by atoms with Crippen molar-refractivity contribution in [1.82, 2.24) is 5.32 Å². The van der Waals surface area contributed by atoms with Gasteiger partial charge in [-0.3, -0.25) is 4.79 Å². The minimum Gasteiger partial charge on any atom is -0.496 e. The maximum Gasteiger partial charge on any atom is 0.220 e. The zero-order valence-electron chi connectivity index (χ0n) is 24.5. The molecule has 0 heterocycles. The van der Waals surface area contributed by atoms with E-state index in [0.29, 0.717) is 13.0 Å². The van der Waals surface area contributed by atoms with Crippen molar-refractivity contribution in [1.29, 1.82) is 0 Å². The van der Waals surface area contributed by atoms with Crippen LogP contribution in [-0.4, -0.2) is 19.6 Å². The van der Waals surface area contributed by atoms with Crippen LogP contribution in [0.5, 0.6) is 5.75 Å². The summed E-state index contributed by atoms with van der Waals surface area (Å²) < 4.78 is 5.78. The smallest absolute Gasteiger partial charge is 0.220 e. The minimum absolute atomic E-state index is 0.0412. The lowest BCUT2D eigenvalue weighted by Crippen LogP contribution is -2.35. The van der Waals surface area contributed by atoms with Crippen LogP contribution in [0, 0.1) is 5.41 Å². The molecule has 0 fully saturated rings. The van der Waals surface area contributed by atoms with E-state index in [9.17, 15) is 4.79 Å². The molecule has 0 aromatic heterocycles. The van der Waals surface area contributed by atoms with Crippen molar-refractivity contribution in [2.24, 2.45) is 5.41 Å². The molecule has 0 saturated heterocycles. The Hall–Kier alpha value is -2.03. The normalized spacial score (nSPS) is 11.7. The van der Waals surface area contributed by atoms with E-state index >= 15 is 0 Å². The number of hydrogen-bond donors (Lipinski definition) is 1. The van der Waals surface area contributed by atoms with Gasteiger partial charge in [-0.2, -0.15) is 0 Å². The fourth-order valence-electron chi connectivity index (χ4n) is 5.33. The zero-order valence-corrected chi connectivity index (χ0v) is 24.5. The highest BCUT2D eigenvalue weighted by molar-refractivity contribution is 5.89. The average molecular weight is 510 g/mol. The molecule has 208 valence electrons. The van der Waals surface area contributed by atoms with E-state index in [1.807, 2.05) is 0 Å². The molecular formula is C34H55NO2. The van der Waals surface area contributed by atoms with Crippen molar-refractivity contribution >= 4 is 16.7 Å². The number of unbranched alkanes of at least 4 members (excludes halogenated alkanes) is 14. The van der Waals surface area contributed by atoms with Crippen LogP contribution < -0.4 is 10.1 Å². The first-order valence-corrected chi connectivity index (χ1v) is 15.3. The predicted octanol–water partition coefficient (Wildman–Crippen LogP) is 9.79. The van der Waals surface area contributed by atoms with Gasteiger partial charge in [0.25, 0.3) is 0 Å². The van der Waals surface area contributed by atoms with Crippen LogP contribution in [0.3, 0.4) is 0 Å². The van der Waals surface area contributed by atoms with Gasteiger partial charge < -0.3 is 10.1 Å². The van der Waals surface area contributed by atoms with Gasteiger partial charge >= 0.3 is 0 Å². The third kappa shape index (κ3) is 12.9. The average Bonchev–Trinajstić information content (AvgIpc) is 2.89. The lowest BCUT2D eigenvalue weighted by molar-refractivity contribution is -0.121. The molecule has 0 spiro atoms. The molecule has 3 heteroatoms. The van der Waals surface area contributed by atoms with E-state index in [1.165, 1.54) is 101 Å². The fourth-order valence-corrected chi connectivity index (χ4v) is 5.33. The highest BCUT2D eigenvalue weighted by Gasteiger charge is 2.22. The Labute approximate surface area is 228 Å². The second-order valence-corrected chi connectivity index (χ2v) is 11.8. The Morgan fingerprint density at radius 2 is 1.30 bits per heavy atom. The molecule has 0 bridgehead atoms. The highest BCUT2D eigenvalue weighted by atomic mass is 16.5. The van der Waals surface area contributed by atoms with E-state index in [-0.39, 0.29) is 11.3 Å². The summed E-state index contributed by atoms with van der Waals surface area (Å²) in [4.78, 5) is 12.4. The fraction of sp³-hybridized carbons (Fsp3) is 0.676. The lowest BCUT2D eigenvalue weighted by atomic mass is 9.84. The molecule has 0 saturated carbocycles. The molecule has 0 unspecified atom stereocenters. The van der Waals surface area contributed by atoms with Crippen molar-refractivity contribution in [3.8, 4) is 5.75 Å². The Kier molecular flexibility index (Phi) is 15.4. The van der Waals surface area contributed by atoms with Gasteiger partial charge in [0.15, 0.2) is 0 Å². The van der Waals surface area contributed by atoms with Gasteiger partial charge in [-0.05, 0) is 29.2 Å². The van der Waals surface area contributed by atoms with E-state index < -0.39 is 0 Å². The van der Waals surface area contributed by atoms with E-state index in [1.54, 1.807) is 7.11 Å². The lowest BCUT2D eigenvalue weighted by Gasteiger charge is -2.26. The quantitative estimate of drug-likeness (QED) is 0.170. The SMILES string of the molecule is CCCCCCCCCCCCCCCCCC(=O)NCC(C)(C)Cc1ccc2ccccc2c1OC. The summed E-state index contributed by atoms with van der Waals surface area (Å²) in [6.07, 6.45) is 21.7. The molecule has 0 aliphatic carbocycles. The molecule has 37 heavy (non-hydrogen) atoms. The molecule has 2 aromatic carbocycles. The van der Waals surface area contributed by atoms with Crippen LogP contribution in [0.2, 0.25) is 0 Å². The largest absolute Gasteiger partial charge is 0.496 e. The number of carbonyl (C=O) groups is 1. The summed E-state index contributed by atoms with van der Waals surface area (Å²) in [5.74, 6) is 1.14. The number of methoxy groups -OCH3 is 1. The van der Waals surface area contributed by atoms with Crippen molar-refractivity contribution < 1.29 is 9.53 Å². The number of carbonyl (C=O) groups excluding carboxylic acids is 1. The predicted molar refractivity (Wildman–Crippen MR) is 161 cm³/mol. The summed E-state index contributed by atoms with van der Waals surface area (Å²) >= 11 is 0. The Morgan fingerprint density at radius 1 is 0.757 bits per heavy atom.